The zero-order valence-electron chi connectivity index (χ0n) is 24.5. The van der Waals surface area contributed by atoms with Crippen molar-refractivity contribution < 1.29 is 0 Å². The number of fused-ring (bicyclic) bond motifs is 5. The lowest BCUT2D eigenvalue weighted by Crippen LogP contribution is -2.50. The average molecular weight is 530 g/mol. The van der Waals surface area contributed by atoms with Gasteiger partial charge >= 0.3 is 0 Å². The van der Waals surface area contributed by atoms with Crippen LogP contribution < -0.4 is 0 Å². The molecule has 3 saturated carbocycles. The van der Waals surface area contributed by atoms with Crippen LogP contribution in [0.25, 0.3) is 0 Å². The highest BCUT2D eigenvalue weighted by Crippen LogP contribution is 2.67. The Kier molecular flexibility index (Phi) is 9.56. The Morgan fingerprint density at radius 1 is 1.11 bits per heavy atom. The molecule has 4 rings (SSSR count). The Morgan fingerprint density at radius 3 is 2.58 bits per heavy atom. The van der Waals surface area contributed by atoms with Gasteiger partial charge in [0, 0.05) is 11.4 Å². The van der Waals surface area contributed by atoms with E-state index in [1.54, 1.807) is 6.20 Å². The van der Waals surface area contributed by atoms with E-state index in [1.165, 1.54) is 70.6 Å². The van der Waals surface area contributed by atoms with Crippen molar-refractivity contribution in [2.45, 2.75) is 124 Å². The molecule has 0 amide bonds. The molecule has 0 aliphatic heterocycles. The second-order valence-corrected chi connectivity index (χ2v) is 16.5. The first-order chi connectivity index (χ1) is 17.1. The van der Waals surface area contributed by atoms with E-state index < -0.39 is 0 Å². The molecule has 0 N–H and O–H groups in total. The van der Waals surface area contributed by atoms with Crippen LogP contribution in [0.2, 0.25) is 0 Å². The maximum Gasteiger partial charge on any atom is 0.0806 e. The third kappa shape index (κ3) is 5.59. The summed E-state index contributed by atoms with van der Waals surface area (Å²) in [4.78, 5) is 4.35. The van der Waals surface area contributed by atoms with Crippen LogP contribution in [0.4, 0.5) is 0 Å². The fraction of sp³-hybridized carbons (Fsp3) is 0.848. The second-order valence-electron chi connectivity index (χ2n) is 13.8. The summed E-state index contributed by atoms with van der Waals surface area (Å²) in [5.41, 5.74) is 2.87. The monoisotopic (exact) mass is 529 g/mol. The molecule has 0 spiro atoms. The van der Waals surface area contributed by atoms with Crippen LogP contribution in [0, 0.1) is 52.3 Å². The Bertz CT molecular complexity index is 830. The minimum absolute atomic E-state index is 0.464. The summed E-state index contributed by atoms with van der Waals surface area (Å²) in [5, 5.41) is 1.87. The van der Waals surface area contributed by atoms with Gasteiger partial charge in [-0.25, -0.2) is 0 Å². The topological polar surface area (TPSA) is 12.4 Å². The Labute approximate surface area is 232 Å². The Morgan fingerprint density at radius 2 is 1.89 bits per heavy atom. The van der Waals surface area contributed by atoms with E-state index in [4.69, 9.17) is 0 Å². The van der Waals surface area contributed by atoms with Gasteiger partial charge in [-0.15, -0.1) is 0 Å². The number of hydrogen-bond donors (Lipinski definition) is 0. The van der Waals surface area contributed by atoms with Crippen LogP contribution in [0.3, 0.4) is 0 Å². The molecule has 204 valence electrons. The highest BCUT2D eigenvalue weighted by molar-refractivity contribution is 8.82. The summed E-state index contributed by atoms with van der Waals surface area (Å²) in [6, 6.07) is 0. The number of nitrogens with zero attached hydrogens (tertiary/aromatic N) is 1. The molecule has 0 unspecified atom stereocenters. The van der Waals surface area contributed by atoms with E-state index in [0.717, 1.165) is 51.7 Å². The lowest BCUT2D eigenvalue weighted by atomic mass is 9.47. The highest BCUT2D eigenvalue weighted by atomic mass is 33.1. The first-order valence-corrected chi connectivity index (χ1v) is 17.5. The molecule has 0 saturated heterocycles. The largest absolute Gasteiger partial charge is 0.255 e. The molecule has 0 bridgehead atoms. The molecule has 1 nitrogen and oxygen atoms in total. The molecule has 3 fully saturated rings. The lowest BCUT2D eigenvalue weighted by molar-refractivity contribution is -0.0500. The van der Waals surface area contributed by atoms with Crippen molar-refractivity contribution in [3.05, 3.63) is 24.4 Å². The highest BCUT2D eigenvalue weighted by Gasteiger charge is 2.59. The van der Waals surface area contributed by atoms with Crippen molar-refractivity contribution in [2.75, 3.05) is 0 Å². The van der Waals surface area contributed by atoms with Gasteiger partial charge in [0.1, 0.15) is 0 Å². The van der Waals surface area contributed by atoms with E-state index in [1.807, 2.05) is 16.4 Å². The Balaban J connectivity index is 1.41. The molecule has 0 aromatic heterocycles. The van der Waals surface area contributed by atoms with Gasteiger partial charge in [-0.3, -0.25) is 4.99 Å². The van der Waals surface area contributed by atoms with E-state index >= 15 is 0 Å². The van der Waals surface area contributed by atoms with Crippen LogP contribution in [-0.2, 0) is 0 Å². The van der Waals surface area contributed by atoms with Gasteiger partial charge < -0.3 is 0 Å². The van der Waals surface area contributed by atoms with Crippen molar-refractivity contribution in [3.63, 3.8) is 0 Å². The molecule has 4 aliphatic rings. The lowest BCUT2D eigenvalue weighted by Gasteiger charge is -2.58. The third-order valence-electron chi connectivity index (χ3n) is 11.9. The van der Waals surface area contributed by atoms with E-state index in [-0.39, 0.29) is 0 Å². The molecular formula is C33H55NS2. The quantitative estimate of drug-likeness (QED) is 0.127. The minimum atomic E-state index is 0.464. The van der Waals surface area contributed by atoms with Crippen molar-refractivity contribution in [2.24, 2.45) is 57.2 Å². The van der Waals surface area contributed by atoms with Crippen LogP contribution in [0.1, 0.15) is 119 Å². The van der Waals surface area contributed by atoms with E-state index in [2.05, 4.69) is 76.9 Å². The number of hydrogen-bond acceptors (Lipinski definition) is 3. The van der Waals surface area contributed by atoms with Crippen LogP contribution in [-0.4, -0.2) is 10.3 Å². The molecule has 4 aliphatic carbocycles. The molecule has 0 aromatic carbocycles. The zero-order chi connectivity index (χ0) is 26.1. The summed E-state index contributed by atoms with van der Waals surface area (Å²) < 4.78 is 0. The van der Waals surface area contributed by atoms with Gasteiger partial charge in [0.15, 0.2) is 0 Å². The summed E-state index contributed by atoms with van der Waals surface area (Å²) in [6.07, 6.45) is 20.1. The molecule has 0 aromatic rings. The SMILES string of the molecule is C=CN=C(C)SS[C@H]1CC[C@@]2(C)C(=CC[C@H]3[C@@H]4CC[C@H]([C@H](C)CC[C@@H](CC)C(C)C)[C@@]4(C)CC[C@@H]32)C1. The first kappa shape index (κ1) is 28.8. The number of rotatable bonds is 9. The summed E-state index contributed by atoms with van der Waals surface area (Å²) in [7, 11) is 3.91. The van der Waals surface area contributed by atoms with Crippen LogP contribution in [0.15, 0.2) is 29.4 Å². The van der Waals surface area contributed by atoms with Crippen molar-refractivity contribution >= 4 is 26.6 Å². The fourth-order valence-corrected chi connectivity index (χ4v) is 12.0. The number of aliphatic imine (C=N–C) groups is 1. The van der Waals surface area contributed by atoms with Gasteiger partial charge in [0.25, 0.3) is 0 Å². The summed E-state index contributed by atoms with van der Waals surface area (Å²) >= 11 is 0. The maximum absolute atomic E-state index is 4.35. The first-order valence-electron chi connectivity index (χ1n) is 15.3. The molecule has 36 heavy (non-hydrogen) atoms. The van der Waals surface area contributed by atoms with Gasteiger partial charge in [-0.2, -0.15) is 0 Å². The van der Waals surface area contributed by atoms with E-state index in [9.17, 15) is 0 Å². The summed E-state index contributed by atoms with van der Waals surface area (Å²) in [6.45, 7) is 21.1. The minimum Gasteiger partial charge on any atom is -0.255 e. The second kappa shape index (κ2) is 11.9. The summed E-state index contributed by atoms with van der Waals surface area (Å²) in [5.74, 6) is 6.44. The van der Waals surface area contributed by atoms with Crippen molar-refractivity contribution in [1.82, 2.24) is 0 Å². The van der Waals surface area contributed by atoms with Crippen LogP contribution >= 0.6 is 21.6 Å². The standard InChI is InChI=1S/C33H55NS2/c1-9-25(22(3)4)12-11-23(5)29-15-16-30-28-14-13-26-21-27(36-35-24(6)34-10-2)17-19-32(26,7)31(28)18-20-33(29,30)8/h10,13,22-23,25,27-31H,2,9,11-12,14-21H2,1,3-8H3/t23-,25-,27+,28+,29-,30+,31+,32+,33-/m1/s1. The Hall–Kier alpha value is -0.150. The van der Waals surface area contributed by atoms with Gasteiger partial charge in [0.2, 0.25) is 0 Å². The third-order valence-corrected chi connectivity index (χ3v) is 14.8. The van der Waals surface area contributed by atoms with Gasteiger partial charge in [-0.05, 0) is 128 Å². The predicted octanol–water partition coefficient (Wildman–Crippen LogP) is 11.0. The smallest absolute Gasteiger partial charge is 0.0806 e. The van der Waals surface area contributed by atoms with Crippen LogP contribution in [0.5, 0.6) is 0 Å². The molecule has 0 heterocycles. The molecule has 3 heteroatoms. The fourth-order valence-electron chi connectivity index (χ4n) is 9.66. The van der Waals surface area contributed by atoms with Crippen molar-refractivity contribution in [1.29, 1.82) is 0 Å². The van der Waals surface area contributed by atoms with Gasteiger partial charge in [-0.1, -0.05) is 83.4 Å². The van der Waals surface area contributed by atoms with Crippen molar-refractivity contribution in [3.8, 4) is 0 Å². The average Bonchev–Trinajstić information content (AvgIpc) is 3.20. The zero-order valence-corrected chi connectivity index (χ0v) is 26.2. The molecular weight excluding hydrogens is 475 g/mol. The number of allylic oxidation sites excluding steroid dienone is 2. The maximum atomic E-state index is 4.35. The molecule has 9 atom stereocenters. The van der Waals surface area contributed by atoms with Gasteiger partial charge in [0.05, 0.1) is 5.04 Å². The normalized spacial score (nSPS) is 40.2. The molecule has 0 radical (unpaired) electrons. The van der Waals surface area contributed by atoms with E-state index in [0.29, 0.717) is 10.8 Å². The predicted molar refractivity (Wildman–Crippen MR) is 164 cm³/mol.